The molecule has 0 saturated heterocycles. The first-order valence-electron chi connectivity index (χ1n) is 7.63. The van der Waals surface area contributed by atoms with Crippen LogP contribution in [0.5, 0.6) is 0 Å². The second-order valence-corrected chi connectivity index (χ2v) is 6.21. The van der Waals surface area contributed by atoms with Crippen LogP contribution in [0.4, 0.5) is 0 Å². The van der Waals surface area contributed by atoms with E-state index in [-0.39, 0.29) is 18.0 Å². The van der Waals surface area contributed by atoms with Crippen molar-refractivity contribution in [3.63, 3.8) is 0 Å². The lowest BCUT2D eigenvalue weighted by Crippen LogP contribution is -2.56. The average molecular weight is 253 g/mol. The predicted molar refractivity (Wildman–Crippen MR) is 72.1 cm³/mol. The summed E-state index contributed by atoms with van der Waals surface area (Å²) in [5.74, 6) is 0.117. The maximum Gasteiger partial charge on any atom is 0.326 e. The van der Waals surface area contributed by atoms with Gasteiger partial charge in [0.05, 0.1) is 0 Å². The van der Waals surface area contributed by atoms with Crippen LogP contribution in [-0.4, -0.2) is 17.6 Å². The van der Waals surface area contributed by atoms with Crippen molar-refractivity contribution in [1.29, 1.82) is 0 Å². The highest BCUT2D eigenvalue weighted by atomic mass is 16.5. The van der Waals surface area contributed by atoms with Crippen LogP contribution in [0.3, 0.4) is 0 Å². The van der Waals surface area contributed by atoms with Gasteiger partial charge in [-0.2, -0.15) is 0 Å². The Kier molecular flexibility index (Phi) is 4.66. The van der Waals surface area contributed by atoms with Gasteiger partial charge in [0.2, 0.25) is 0 Å². The van der Waals surface area contributed by atoms with Gasteiger partial charge in [0, 0.05) is 0 Å². The van der Waals surface area contributed by atoms with Gasteiger partial charge >= 0.3 is 5.97 Å². The summed E-state index contributed by atoms with van der Waals surface area (Å²) in [4.78, 5) is 12.4. The molecule has 0 amide bonds. The van der Waals surface area contributed by atoms with Gasteiger partial charge in [0.1, 0.15) is 11.6 Å². The fourth-order valence-electron chi connectivity index (χ4n) is 3.30. The Labute approximate surface area is 110 Å². The molecule has 2 N–H and O–H groups in total. The van der Waals surface area contributed by atoms with E-state index in [2.05, 4.69) is 6.92 Å². The molecule has 0 bridgehead atoms. The van der Waals surface area contributed by atoms with Crippen LogP contribution >= 0.6 is 0 Å². The Morgan fingerprint density at radius 3 is 2.28 bits per heavy atom. The van der Waals surface area contributed by atoms with Gasteiger partial charge in [-0.25, -0.2) is 0 Å². The highest BCUT2D eigenvalue weighted by molar-refractivity contribution is 5.81. The smallest absolute Gasteiger partial charge is 0.326 e. The van der Waals surface area contributed by atoms with Crippen LogP contribution in [0.25, 0.3) is 0 Å². The molecule has 18 heavy (non-hydrogen) atoms. The van der Waals surface area contributed by atoms with E-state index in [0.717, 1.165) is 32.1 Å². The Morgan fingerprint density at radius 2 is 1.67 bits per heavy atom. The summed E-state index contributed by atoms with van der Waals surface area (Å²) in [6, 6.07) is 0. The number of esters is 1. The molecular formula is C15H27NO2. The van der Waals surface area contributed by atoms with Gasteiger partial charge in [-0.15, -0.1) is 0 Å². The predicted octanol–water partition coefficient (Wildman–Crippen LogP) is 3.16. The summed E-state index contributed by atoms with van der Waals surface area (Å²) in [6.07, 6.45) is 11.2. The molecule has 0 aromatic carbocycles. The minimum absolute atomic E-state index is 0.120. The monoisotopic (exact) mass is 253 g/mol. The third-order valence-corrected chi connectivity index (χ3v) is 4.81. The van der Waals surface area contributed by atoms with Crippen molar-refractivity contribution in [1.82, 2.24) is 0 Å². The molecule has 104 valence electrons. The molecule has 2 atom stereocenters. The molecule has 2 aliphatic carbocycles. The van der Waals surface area contributed by atoms with Crippen LogP contribution in [0.15, 0.2) is 0 Å². The van der Waals surface area contributed by atoms with Crippen molar-refractivity contribution < 1.29 is 9.53 Å². The zero-order chi connectivity index (χ0) is 13.0. The molecule has 3 nitrogen and oxygen atoms in total. The molecule has 2 saturated carbocycles. The molecule has 0 heterocycles. The maximum atomic E-state index is 12.4. The number of hydrogen-bond donors (Lipinski definition) is 1. The summed E-state index contributed by atoms with van der Waals surface area (Å²) < 4.78 is 5.72. The number of nitrogens with two attached hydrogens (primary N) is 1. The molecule has 0 aliphatic heterocycles. The minimum Gasteiger partial charge on any atom is -0.461 e. The zero-order valence-electron chi connectivity index (χ0n) is 11.6. The van der Waals surface area contributed by atoms with Crippen LogP contribution in [-0.2, 0) is 9.53 Å². The number of carbonyl (C=O) groups is 1. The van der Waals surface area contributed by atoms with Gasteiger partial charge in [-0.1, -0.05) is 32.6 Å². The van der Waals surface area contributed by atoms with E-state index in [0.29, 0.717) is 0 Å². The summed E-state index contributed by atoms with van der Waals surface area (Å²) in [5.41, 5.74) is 5.61. The number of hydrogen-bond acceptors (Lipinski definition) is 3. The molecular weight excluding hydrogens is 226 g/mol. The van der Waals surface area contributed by atoms with Crippen molar-refractivity contribution in [2.24, 2.45) is 11.7 Å². The molecule has 2 fully saturated rings. The maximum absolute atomic E-state index is 12.4. The van der Waals surface area contributed by atoms with Crippen molar-refractivity contribution in [3.8, 4) is 0 Å². The summed E-state index contributed by atoms with van der Waals surface area (Å²) >= 11 is 0. The normalized spacial score (nSPS) is 34.9. The quantitative estimate of drug-likeness (QED) is 0.607. The van der Waals surface area contributed by atoms with Gasteiger partial charge in [-0.05, 0) is 44.4 Å². The Morgan fingerprint density at radius 1 is 1.06 bits per heavy atom. The second kappa shape index (κ2) is 6.05. The number of carbonyl (C=O) groups excluding carboxylic acids is 1. The Bertz CT molecular complexity index is 284. The van der Waals surface area contributed by atoms with Crippen LogP contribution in [0.2, 0.25) is 0 Å². The first-order chi connectivity index (χ1) is 8.63. The van der Waals surface area contributed by atoms with E-state index in [1.165, 1.54) is 32.1 Å². The van der Waals surface area contributed by atoms with E-state index in [9.17, 15) is 4.79 Å². The molecule has 0 aromatic heterocycles. The lowest BCUT2D eigenvalue weighted by Gasteiger charge is -2.37. The SMILES string of the molecule is CC1CCCCC1(N)C(=O)OC1CCCCCC1. The van der Waals surface area contributed by atoms with Crippen molar-refractivity contribution in [2.45, 2.75) is 82.8 Å². The highest BCUT2D eigenvalue weighted by Gasteiger charge is 2.43. The summed E-state index contributed by atoms with van der Waals surface area (Å²) in [5, 5.41) is 0. The highest BCUT2D eigenvalue weighted by Crippen LogP contribution is 2.33. The van der Waals surface area contributed by atoms with Crippen LogP contribution in [0, 0.1) is 5.92 Å². The zero-order valence-corrected chi connectivity index (χ0v) is 11.6. The molecule has 0 aromatic rings. The lowest BCUT2D eigenvalue weighted by molar-refractivity contribution is -0.160. The fourth-order valence-corrected chi connectivity index (χ4v) is 3.30. The standard InChI is InChI=1S/C15H27NO2/c1-12-8-6-7-11-15(12,16)14(17)18-13-9-4-2-3-5-10-13/h12-13H,2-11,16H2,1H3. The molecule has 2 unspecified atom stereocenters. The number of rotatable bonds is 2. The van der Waals surface area contributed by atoms with Gasteiger partial charge in [0.25, 0.3) is 0 Å². The van der Waals surface area contributed by atoms with Gasteiger partial charge in [-0.3, -0.25) is 4.79 Å². The second-order valence-electron chi connectivity index (χ2n) is 6.21. The topological polar surface area (TPSA) is 52.3 Å². The van der Waals surface area contributed by atoms with E-state index in [1.807, 2.05) is 0 Å². The molecule has 2 rings (SSSR count). The van der Waals surface area contributed by atoms with Crippen molar-refractivity contribution >= 4 is 5.97 Å². The lowest BCUT2D eigenvalue weighted by atomic mass is 9.74. The third-order valence-electron chi connectivity index (χ3n) is 4.81. The van der Waals surface area contributed by atoms with E-state index >= 15 is 0 Å². The van der Waals surface area contributed by atoms with E-state index in [1.54, 1.807) is 0 Å². The molecule has 0 spiro atoms. The fraction of sp³-hybridized carbons (Fsp3) is 0.933. The van der Waals surface area contributed by atoms with E-state index in [4.69, 9.17) is 10.5 Å². The first kappa shape index (κ1) is 13.9. The number of ether oxygens (including phenoxy) is 1. The molecule has 0 radical (unpaired) electrons. The third kappa shape index (κ3) is 3.05. The van der Waals surface area contributed by atoms with Crippen LogP contribution < -0.4 is 5.73 Å². The van der Waals surface area contributed by atoms with Crippen molar-refractivity contribution in [2.75, 3.05) is 0 Å². The Balaban J connectivity index is 1.93. The first-order valence-corrected chi connectivity index (χ1v) is 7.63. The largest absolute Gasteiger partial charge is 0.461 e. The molecule has 3 heteroatoms. The minimum atomic E-state index is -0.718. The Hall–Kier alpha value is -0.570. The van der Waals surface area contributed by atoms with Gasteiger partial charge < -0.3 is 10.5 Å². The summed E-state index contributed by atoms with van der Waals surface area (Å²) in [6.45, 7) is 2.09. The van der Waals surface area contributed by atoms with Gasteiger partial charge in [0.15, 0.2) is 0 Å². The summed E-state index contributed by atoms with van der Waals surface area (Å²) in [7, 11) is 0. The van der Waals surface area contributed by atoms with Crippen LogP contribution in [0.1, 0.15) is 71.1 Å². The van der Waals surface area contributed by atoms with E-state index < -0.39 is 5.54 Å². The average Bonchev–Trinajstić information content (AvgIpc) is 2.61. The van der Waals surface area contributed by atoms with Crippen molar-refractivity contribution in [3.05, 3.63) is 0 Å². The molecule has 2 aliphatic rings.